The Morgan fingerprint density at radius 3 is 2.16 bits per heavy atom. The molecule has 0 saturated heterocycles. The molecule has 0 aliphatic rings. The van der Waals surface area contributed by atoms with Crippen molar-refractivity contribution in [1.82, 2.24) is 4.90 Å². The molecule has 31 heavy (non-hydrogen) atoms. The number of nitriles is 1. The average Bonchev–Trinajstić information content (AvgIpc) is 2.84. The van der Waals surface area contributed by atoms with Gasteiger partial charge in [-0.05, 0) is 55.5 Å². The van der Waals surface area contributed by atoms with Crippen LogP contribution in [0.3, 0.4) is 0 Å². The number of hydrogen-bond acceptors (Lipinski definition) is 3. The Hall–Kier alpha value is -2.61. The molecule has 0 aromatic heterocycles. The van der Waals surface area contributed by atoms with E-state index >= 15 is 0 Å². The Kier molecular flexibility index (Phi) is 25.2. The maximum absolute atomic E-state index is 8.47. The number of hydrogen-bond donors (Lipinski definition) is 1. The van der Waals surface area contributed by atoms with Crippen LogP contribution in [0.15, 0.2) is 41.4 Å². The predicted octanol–water partition coefficient (Wildman–Crippen LogP) is 7.34. The van der Waals surface area contributed by atoms with Crippen molar-refractivity contribution in [3.05, 3.63) is 42.0 Å². The lowest BCUT2D eigenvalue weighted by molar-refractivity contribution is 0.340. The molecule has 0 amide bonds. The highest BCUT2D eigenvalue weighted by Crippen LogP contribution is 2.10. The number of guanidine groups is 1. The summed E-state index contributed by atoms with van der Waals surface area (Å²) in [4.78, 5) is 5.96. The summed E-state index contributed by atoms with van der Waals surface area (Å²) in [5.74, 6) is 1.84. The fourth-order valence-electron chi connectivity index (χ4n) is 1.86. The van der Waals surface area contributed by atoms with Crippen molar-refractivity contribution in [2.45, 2.75) is 74.7 Å². The Morgan fingerprint density at radius 1 is 1.19 bits per heavy atom. The van der Waals surface area contributed by atoms with Crippen molar-refractivity contribution in [3.63, 3.8) is 0 Å². The van der Waals surface area contributed by atoms with Gasteiger partial charge in [0.05, 0.1) is 18.2 Å². The summed E-state index contributed by atoms with van der Waals surface area (Å²) < 4.78 is 5.20. The topological polar surface area (TPSA) is 72.5 Å². The third kappa shape index (κ3) is 19.1. The Bertz CT molecular complexity index is 630. The molecule has 5 heteroatoms. The molecule has 1 aromatic carbocycles. The fourth-order valence-corrected chi connectivity index (χ4v) is 1.86. The Morgan fingerprint density at radius 2 is 1.74 bits per heavy atom. The van der Waals surface area contributed by atoms with Crippen molar-refractivity contribution in [2.75, 3.05) is 20.2 Å². The second-order valence-electron chi connectivity index (χ2n) is 6.39. The molecule has 0 heterocycles. The monoisotopic (exact) mass is 430 g/mol. The van der Waals surface area contributed by atoms with E-state index in [0.717, 1.165) is 30.7 Å². The second kappa shape index (κ2) is 23.7. The first-order valence-electron chi connectivity index (χ1n) is 11.5. The van der Waals surface area contributed by atoms with Gasteiger partial charge in [-0.2, -0.15) is 5.26 Å². The van der Waals surface area contributed by atoms with E-state index in [-0.39, 0.29) is 0 Å². The number of nitrogens with zero attached hydrogens (tertiary/aromatic N) is 3. The maximum Gasteiger partial charge on any atom is 0.217 e. The highest BCUT2D eigenvalue weighted by Gasteiger charge is 2.05. The van der Waals surface area contributed by atoms with Crippen LogP contribution in [-0.2, 0) is 0 Å². The van der Waals surface area contributed by atoms with E-state index < -0.39 is 0 Å². The highest BCUT2D eigenvalue weighted by atomic mass is 16.5. The normalized spacial score (nSPS) is 10.1. The highest BCUT2D eigenvalue weighted by molar-refractivity contribution is 5.91. The molecule has 0 saturated carbocycles. The van der Waals surface area contributed by atoms with Crippen LogP contribution >= 0.6 is 0 Å². The molecule has 0 radical (unpaired) electrons. The standard InChI is InChI=1S/C13H25N3.C9H9NO.2C2H6/c1-6-11(3)8-9-16(5)13(14)15-10-12(4)7-2;1-2-11-9-5-3-8(7-10)4-6-9;2*1-2/h10-11,14H,4,6-9H2,1-3,5H3;3-6H,2H2,1H3;2*1-2H3/b14-13?,15-10-;;;. The molecule has 1 unspecified atom stereocenters. The van der Waals surface area contributed by atoms with Crippen molar-refractivity contribution < 1.29 is 4.74 Å². The van der Waals surface area contributed by atoms with Gasteiger partial charge in [0.15, 0.2) is 0 Å². The summed E-state index contributed by atoms with van der Waals surface area (Å²) in [6.07, 6.45) is 4.87. The summed E-state index contributed by atoms with van der Waals surface area (Å²) in [6, 6.07) is 9.11. The fraction of sp³-hybridized carbons (Fsp3) is 0.577. The van der Waals surface area contributed by atoms with Crippen molar-refractivity contribution >= 4 is 12.2 Å². The molecule has 1 N–H and O–H groups in total. The number of aliphatic imine (C=N–C) groups is 1. The molecular weight excluding hydrogens is 384 g/mol. The van der Waals surface area contributed by atoms with E-state index in [1.807, 2.05) is 59.6 Å². The molecule has 0 aliphatic carbocycles. The SMILES string of the molecule is C=C(/C=N\C(=N)N(C)CCC(C)CC)CC.CC.CC.CCOc1ccc(C#N)cc1. The molecule has 0 aliphatic heterocycles. The summed E-state index contributed by atoms with van der Waals surface area (Å²) >= 11 is 0. The summed E-state index contributed by atoms with van der Waals surface area (Å²) in [7, 11) is 1.91. The lowest BCUT2D eigenvalue weighted by Crippen LogP contribution is -2.26. The van der Waals surface area contributed by atoms with E-state index in [9.17, 15) is 0 Å². The van der Waals surface area contributed by atoms with Crippen LogP contribution in [0, 0.1) is 22.7 Å². The Balaban J connectivity index is -0.000000453. The van der Waals surface area contributed by atoms with E-state index in [1.165, 1.54) is 6.42 Å². The van der Waals surface area contributed by atoms with Gasteiger partial charge in [-0.25, -0.2) is 4.99 Å². The number of nitrogens with one attached hydrogen (secondary N) is 1. The minimum absolute atomic E-state index is 0.318. The minimum Gasteiger partial charge on any atom is -0.494 e. The summed E-state index contributed by atoms with van der Waals surface area (Å²) in [5.41, 5.74) is 1.62. The second-order valence-corrected chi connectivity index (χ2v) is 6.39. The van der Waals surface area contributed by atoms with Crippen LogP contribution in [0.4, 0.5) is 0 Å². The molecule has 1 aromatic rings. The summed E-state index contributed by atoms with van der Waals surface area (Å²) in [5, 5.41) is 16.2. The van der Waals surface area contributed by atoms with Crippen molar-refractivity contribution in [2.24, 2.45) is 10.9 Å². The molecule has 0 bridgehead atoms. The van der Waals surface area contributed by atoms with Crippen LogP contribution in [-0.4, -0.2) is 37.3 Å². The minimum atomic E-state index is 0.318. The van der Waals surface area contributed by atoms with Crippen LogP contribution in [0.2, 0.25) is 0 Å². The van der Waals surface area contributed by atoms with Crippen LogP contribution in [0.5, 0.6) is 5.75 Å². The van der Waals surface area contributed by atoms with Crippen LogP contribution in [0.25, 0.3) is 0 Å². The summed E-state index contributed by atoms with van der Waals surface area (Å²) in [6.45, 7) is 21.8. The quantitative estimate of drug-likeness (QED) is 0.346. The smallest absolute Gasteiger partial charge is 0.217 e. The predicted molar refractivity (Wildman–Crippen MR) is 137 cm³/mol. The molecule has 5 nitrogen and oxygen atoms in total. The van der Waals surface area contributed by atoms with Gasteiger partial charge in [-0.15, -0.1) is 0 Å². The van der Waals surface area contributed by atoms with Gasteiger partial charge in [0.1, 0.15) is 5.75 Å². The molecule has 0 spiro atoms. The largest absolute Gasteiger partial charge is 0.494 e. The molecule has 0 fully saturated rings. The number of rotatable bonds is 8. The van der Waals surface area contributed by atoms with Gasteiger partial charge in [0.2, 0.25) is 5.96 Å². The molecule has 176 valence electrons. The van der Waals surface area contributed by atoms with Gasteiger partial charge in [0.25, 0.3) is 0 Å². The van der Waals surface area contributed by atoms with E-state index in [0.29, 0.717) is 24.0 Å². The lowest BCUT2D eigenvalue weighted by Gasteiger charge is -2.18. The van der Waals surface area contributed by atoms with Crippen LogP contribution < -0.4 is 4.74 Å². The average molecular weight is 431 g/mol. The molecule has 1 rings (SSSR count). The first-order valence-corrected chi connectivity index (χ1v) is 11.5. The van der Waals surface area contributed by atoms with Gasteiger partial charge < -0.3 is 9.64 Å². The number of allylic oxidation sites excluding steroid dienone is 1. The third-order valence-corrected chi connectivity index (χ3v) is 4.13. The first-order chi connectivity index (χ1) is 14.9. The third-order valence-electron chi connectivity index (χ3n) is 4.13. The van der Waals surface area contributed by atoms with E-state index in [4.69, 9.17) is 15.4 Å². The number of benzene rings is 1. The zero-order valence-electron chi connectivity index (χ0n) is 21.5. The van der Waals surface area contributed by atoms with Crippen molar-refractivity contribution in [1.29, 1.82) is 10.7 Å². The van der Waals surface area contributed by atoms with E-state index in [1.54, 1.807) is 30.5 Å². The number of ether oxygens (including phenoxy) is 1. The zero-order chi connectivity index (χ0) is 24.7. The van der Waals surface area contributed by atoms with Gasteiger partial charge in [-0.1, -0.05) is 61.5 Å². The van der Waals surface area contributed by atoms with E-state index in [2.05, 4.69) is 25.4 Å². The van der Waals surface area contributed by atoms with Gasteiger partial charge >= 0.3 is 0 Å². The van der Waals surface area contributed by atoms with Gasteiger partial charge in [0, 0.05) is 19.8 Å². The van der Waals surface area contributed by atoms with Crippen molar-refractivity contribution in [3.8, 4) is 11.8 Å². The first kappa shape index (κ1) is 33.0. The molecular formula is C26H46N4O. The zero-order valence-corrected chi connectivity index (χ0v) is 21.5. The Labute approximate surface area is 192 Å². The van der Waals surface area contributed by atoms with Crippen LogP contribution in [0.1, 0.15) is 80.2 Å². The lowest BCUT2D eigenvalue weighted by atomic mass is 10.1. The molecule has 1 atom stereocenters. The maximum atomic E-state index is 8.47. The van der Waals surface area contributed by atoms with Gasteiger partial charge in [-0.3, -0.25) is 5.41 Å².